The minimum absolute atomic E-state index is 0.0247. The monoisotopic (exact) mass is 342 g/mol. The highest BCUT2D eigenvalue weighted by Gasteiger charge is 2.65. The Hall–Kier alpha value is -1.75. The van der Waals surface area contributed by atoms with Crippen LogP contribution in [0.4, 0.5) is 0 Å². The third-order valence-electron chi connectivity index (χ3n) is 7.19. The molecule has 2 bridgehead atoms. The highest BCUT2D eigenvalue weighted by Crippen LogP contribution is 2.63. The first-order chi connectivity index (χ1) is 12.1. The number of benzene rings is 1. The van der Waals surface area contributed by atoms with Crippen molar-refractivity contribution in [1.29, 1.82) is 0 Å². The van der Waals surface area contributed by atoms with Gasteiger partial charge in [-0.15, -0.1) is 0 Å². The smallest absolute Gasteiger partial charge is 0.217 e. The molecule has 2 fully saturated rings. The van der Waals surface area contributed by atoms with E-state index in [1.807, 2.05) is 6.07 Å². The molecule has 1 aromatic carbocycles. The van der Waals surface area contributed by atoms with Gasteiger partial charge in [0.15, 0.2) is 11.5 Å². The number of piperidine rings is 1. The van der Waals surface area contributed by atoms with Crippen LogP contribution in [0.25, 0.3) is 0 Å². The standard InChI is InChI=1S/C20H26N2O3/c1-11(23)21-14-6-5-13-15-10-12-4-7-16(24-3)18-17(12)20(13,19(14)25-18)8-9-22(15)2/h4,7,13-15,19H,5-6,8-10H2,1-3H3,(H,21,23)/t13-,14?,15+,19-,20-/m1/s1. The van der Waals surface area contributed by atoms with E-state index in [4.69, 9.17) is 9.47 Å². The van der Waals surface area contributed by atoms with Crippen molar-refractivity contribution < 1.29 is 14.3 Å². The number of methoxy groups -OCH3 is 1. The van der Waals surface area contributed by atoms with Gasteiger partial charge in [0.1, 0.15) is 6.10 Å². The average Bonchev–Trinajstić information content (AvgIpc) is 2.94. The van der Waals surface area contributed by atoms with Crippen LogP contribution in [-0.2, 0) is 16.6 Å². The molecular weight excluding hydrogens is 316 g/mol. The number of nitrogens with one attached hydrogen (secondary N) is 1. The fraction of sp³-hybridized carbons (Fsp3) is 0.650. The summed E-state index contributed by atoms with van der Waals surface area (Å²) in [5.41, 5.74) is 2.83. The van der Waals surface area contributed by atoms with Crippen LogP contribution in [0.3, 0.4) is 0 Å². The summed E-state index contributed by atoms with van der Waals surface area (Å²) in [5, 5.41) is 3.18. The van der Waals surface area contributed by atoms with Gasteiger partial charge < -0.3 is 19.7 Å². The lowest BCUT2D eigenvalue weighted by atomic mass is 9.51. The Morgan fingerprint density at radius 1 is 1.40 bits per heavy atom. The first-order valence-corrected chi connectivity index (χ1v) is 9.40. The summed E-state index contributed by atoms with van der Waals surface area (Å²) >= 11 is 0. The van der Waals surface area contributed by atoms with Crippen LogP contribution in [0.2, 0.25) is 0 Å². The molecule has 5 rings (SSSR count). The molecule has 1 saturated heterocycles. The van der Waals surface area contributed by atoms with Gasteiger partial charge in [0.2, 0.25) is 5.91 Å². The number of ether oxygens (including phenoxy) is 2. The zero-order valence-corrected chi connectivity index (χ0v) is 15.2. The average molecular weight is 342 g/mol. The number of hydrogen-bond donors (Lipinski definition) is 1. The third kappa shape index (κ3) is 1.85. The van der Waals surface area contributed by atoms with Gasteiger partial charge >= 0.3 is 0 Å². The van der Waals surface area contributed by atoms with Crippen LogP contribution in [-0.4, -0.2) is 49.7 Å². The Kier molecular flexibility index (Phi) is 3.18. The second-order valence-electron chi connectivity index (χ2n) is 8.20. The molecule has 2 aliphatic heterocycles. The summed E-state index contributed by atoms with van der Waals surface area (Å²) in [6.45, 7) is 2.69. The molecule has 5 heteroatoms. The highest BCUT2D eigenvalue weighted by atomic mass is 16.5. The highest BCUT2D eigenvalue weighted by molar-refractivity contribution is 5.73. The molecule has 2 aliphatic carbocycles. The number of nitrogens with zero attached hydrogens (tertiary/aromatic N) is 1. The molecule has 1 unspecified atom stereocenters. The Morgan fingerprint density at radius 2 is 2.24 bits per heavy atom. The molecule has 5 nitrogen and oxygen atoms in total. The Morgan fingerprint density at radius 3 is 3.00 bits per heavy atom. The summed E-state index contributed by atoms with van der Waals surface area (Å²) in [6, 6.07) is 4.94. The number of rotatable bonds is 2. The summed E-state index contributed by atoms with van der Waals surface area (Å²) < 4.78 is 12.2. The summed E-state index contributed by atoms with van der Waals surface area (Å²) in [5.74, 6) is 2.41. The fourth-order valence-electron chi connectivity index (χ4n) is 6.30. The topological polar surface area (TPSA) is 50.8 Å². The van der Waals surface area contributed by atoms with Gasteiger partial charge in [-0.25, -0.2) is 0 Å². The number of hydrogen-bond acceptors (Lipinski definition) is 4. The van der Waals surface area contributed by atoms with E-state index in [1.54, 1.807) is 14.0 Å². The maximum atomic E-state index is 11.8. The largest absolute Gasteiger partial charge is 0.493 e. The molecule has 1 aromatic rings. The van der Waals surface area contributed by atoms with Crippen molar-refractivity contribution in [2.75, 3.05) is 20.7 Å². The van der Waals surface area contributed by atoms with Crippen LogP contribution >= 0.6 is 0 Å². The lowest BCUT2D eigenvalue weighted by Gasteiger charge is -2.59. The van der Waals surface area contributed by atoms with E-state index in [2.05, 4.69) is 23.3 Å². The van der Waals surface area contributed by atoms with E-state index in [1.165, 1.54) is 11.1 Å². The lowest BCUT2D eigenvalue weighted by Crippen LogP contribution is -2.68. The van der Waals surface area contributed by atoms with Gasteiger partial charge in [0.05, 0.1) is 13.2 Å². The van der Waals surface area contributed by atoms with Crippen LogP contribution in [0, 0.1) is 5.92 Å². The van der Waals surface area contributed by atoms with Crippen molar-refractivity contribution >= 4 is 5.91 Å². The summed E-state index contributed by atoms with van der Waals surface area (Å²) in [6.07, 6.45) is 4.36. The molecule has 2 heterocycles. The van der Waals surface area contributed by atoms with Crippen LogP contribution in [0.15, 0.2) is 12.1 Å². The minimum atomic E-state index is 0.0247. The zero-order valence-electron chi connectivity index (χ0n) is 15.2. The molecule has 1 N–H and O–H groups in total. The van der Waals surface area contributed by atoms with E-state index in [-0.39, 0.29) is 23.5 Å². The van der Waals surface area contributed by atoms with E-state index in [9.17, 15) is 4.79 Å². The van der Waals surface area contributed by atoms with E-state index < -0.39 is 0 Å². The third-order valence-corrected chi connectivity index (χ3v) is 7.19. The first-order valence-electron chi connectivity index (χ1n) is 9.40. The lowest BCUT2D eigenvalue weighted by molar-refractivity contribution is -0.122. The molecule has 1 saturated carbocycles. The summed E-state index contributed by atoms with van der Waals surface area (Å²) in [4.78, 5) is 14.3. The van der Waals surface area contributed by atoms with Crippen LogP contribution in [0.1, 0.15) is 37.3 Å². The van der Waals surface area contributed by atoms with Crippen molar-refractivity contribution in [3.63, 3.8) is 0 Å². The van der Waals surface area contributed by atoms with Gasteiger partial charge in [-0.05, 0) is 56.8 Å². The van der Waals surface area contributed by atoms with Gasteiger partial charge in [-0.1, -0.05) is 6.07 Å². The van der Waals surface area contributed by atoms with Gasteiger partial charge in [-0.2, -0.15) is 0 Å². The number of likely N-dealkylation sites (N-methyl/N-ethyl adjacent to an activating group) is 1. The number of carbonyl (C=O) groups excluding carboxylic acids is 1. The van der Waals surface area contributed by atoms with Crippen molar-refractivity contribution in [3.05, 3.63) is 23.3 Å². The van der Waals surface area contributed by atoms with E-state index in [0.717, 1.165) is 43.7 Å². The van der Waals surface area contributed by atoms with Crippen molar-refractivity contribution in [2.24, 2.45) is 5.92 Å². The molecule has 134 valence electrons. The van der Waals surface area contributed by atoms with Crippen molar-refractivity contribution in [3.8, 4) is 11.5 Å². The maximum absolute atomic E-state index is 11.8. The van der Waals surface area contributed by atoms with Gasteiger partial charge in [0.25, 0.3) is 0 Å². The molecule has 25 heavy (non-hydrogen) atoms. The normalized spacial score (nSPS) is 37.9. The maximum Gasteiger partial charge on any atom is 0.217 e. The van der Waals surface area contributed by atoms with Crippen molar-refractivity contribution in [2.45, 2.75) is 56.2 Å². The van der Waals surface area contributed by atoms with Gasteiger partial charge in [0, 0.05) is 23.9 Å². The van der Waals surface area contributed by atoms with Crippen molar-refractivity contribution in [1.82, 2.24) is 10.2 Å². The molecule has 0 aromatic heterocycles. The second kappa shape index (κ2) is 5.13. The van der Waals surface area contributed by atoms with Crippen LogP contribution < -0.4 is 14.8 Å². The second-order valence-corrected chi connectivity index (χ2v) is 8.20. The summed E-state index contributed by atoms with van der Waals surface area (Å²) in [7, 11) is 3.97. The number of amides is 1. The van der Waals surface area contributed by atoms with Gasteiger partial charge in [-0.3, -0.25) is 4.79 Å². The Labute approximate surface area is 148 Å². The van der Waals surface area contributed by atoms with Crippen LogP contribution in [0.5, 0.6) is 11.5 Å². The number of carbonyl (C=O) groups is 1. The predicted molar refractivity (Wildman–Crippen MR) is 94.2 cm³/mol. The SMILES string of the molecule is COc1ccc2c3c1O[C@@H]1C(NC(C)=O)CC[C@@H]4[C@H](C2)N(C)CC[C@@]314. The van der Waals surface area contributed by atoms with E-state index in [0.29, 0.717) is 12.0 Å². The fourth-order valence-corrected chi connectivity index (χ4v) is 6.30. The molecular formula is C20H26N2O3. The zero-order chi connectivity index (χ0) is 17.3. The predicted octanol–water partition coefficient (Wildman–Crippen LogP) is 1.87. The number of likely N-dealkylation sites (tertiary alicyclic amines) is 1. The molecule has 1 spiro atoms. The first kappa shape index (κ1) is 15.5. The minimum Gasteiger partial charge on any atom is -0.493 e. The molecule has 0 radical (unpaired) electrons. The quantitative estimate of drug-likeness (QED) is 0.891. The molecule has 4 aliphatic rings. The van der Waals surface area contributed by atoms with E-state index >= 15 is 0 Å². The molecule has 1 amide bonds. The molecule has 5 atom stereocenters. The Balaban J connectivity index is 1.71. The Bertz CT molecular complexity index is 749.